The highest BCUT2D eigenvalue weighted by Gasteiger charge is 2.20. The Bertz CT molecular complexity index is 795. The van der Waals surface area contributed by atoms with Crippen molar-refractivity contribution in [1.82, 2.24) is 15.3 Å². The van der Waals surface area contributed by atoms with Crippen LogP contribution in [-0.2, 0) is 16.3 Å². The summed E-state index contributed by atoms with van der Waals surface area (Å²) in [4.78, 5) is 19.6. The van der Waals surface area contributed by atoms with Gasteiger partial charge in [0.15, 0.2) is 5.69 Å². The van der Waals surface area contributed by atoms with Crippen molar-refractivity contribution in [3.63, 3.8) is 0 Å². The number of amides is 1. The molecule has 2 aromatic rings. The van der Waals surface area contributed by atoms with Crippen molar-refractivity contribution < 1.29 is 13.2 Å². The zero-order valence-electron chi connectivity index (χ0n) is 12.5. The monoisotopic (exact) mass is 353 g/mol. The number of hydrogen-bond donors (Lipinski definition) is 1. The van der Waals surface area contributed by atoms with Crippen LogP contribution in [-0.4, -0.2) is 36.6 Å². The second-order valence-corrected chi connectivity index (χ2v) is 7.32. The van der Waals surface area contributed by atoms with Gasteiger partial charge in [-0.1, -0.05) is 48.9 Å². The lowest BCUT2D eigenvalue weighted by Crippen LogP contribution is -2.27. The predicted molar refractivity (Wildman–Crippen MR) is 87.2 cm³/mol. The van der Waals surface area contributed by atoms with E-state index in [0.717, 1.165) is 11.8 Å². The van der Waals surface area contributed by atoms with Crippen LogP contribution in [0.3, 0.4) is 0 Å². The lowest BCUT2D eigenvalue weighted by molar-refractivity contribution is 0.0948. The first-order valence-corrected chi connectivity index (χ1v) is 9.04. The van der Waals surface area contributed by atoms with Gasteiger partial charge in [-0.2, -0.15) is 0 Å². The minimum atomic E-state index is -3.60. The number of aromatic nitrogens is 2. The molecule has 0 radical (unpaired) electrons. The van der Waals surface area contributed by atoms with Gasteiger partial charge in [0.2, 0.25) is 15.0 Å². The van der Waals surface area contributed by atoms with E-state index >= 15 is 0 Å². The Balaban J connectivity index is 2.08. The molecule has 1 heterocycles. The Morgan fingerprint density at radius 3 is 2.61 bits per heavy atom. The van der Waals surface area contributed by atoms with Gasteiger partial charge in [-0.05, 0) is 12.0 Å². The van der Waals surface area contributed by atoms with Gasteiger partial charge in [0.25, 0.3) is 5.91 Å². The summed E-state index contributed by atoms with van der Waals surface area (Å²) in [5.74, 6) is -0.676. The van der Waals surface area contributed by atoms with Crippen LogP contribution in [0.4, 0.5) is 0 Å². The first-order chi connectivity index (χ1) is 10.9. The molecule has 1 aromatic carbocycles. The lowest BCUT2D eigenvalue weighted by atomic mass is 10.1. The molecule has 0 aliphatic rings. The zero-order valence-corrected chi connectivity index (χ0v) is 14.1. The average molecular weight is 354 g/mol. The molecular weight excluding hydrogens is 338 g/mol. The molecule has 122 valence electrons. The molecular formula is C15H16ClN3O3S. The first kappa shape index (κ1) is 17.4. The topological polar surface area (TPSA) is 89.0 Å². The number of halogens is 1. The highest BCUT2D eigenvalue weighted by atomic mass is 35.5. The summed E-state index contributed by atoms with van der Waals surface area (Å²) < 4.78 is 23.6. The van der Waals surface area contributed by atoms with Gasteiger partial charge < -0.3 is 5.32 Å². The molecule has 0 saturated carbocycles. The normalized spacial score (nSPS) is 11.2. The van der Waals surface area contributed by atoms with Crippen molar-refractivity contribution in [3.8, 4) is 0 Å². The molecule has 2 rings (SSSR count). The summed E-state index contributed by atoms with van der Waals surface area (Å²) in [6, 6.07) is 9.66. The molecule has 0 bridgehead atoms. The van der Waals surface area contributed by atoms with E-state index in [4.69, 9.17) is 11.6 Å². The molecule has 0 saturated heterocycles. The van der Waals surface area contributed by atoms with Crippen LogP contribution in [0.5, 0.6) is 0 Å². The number of nitrogens with one attached hydrogen (secondary N) is 1. The van der Waals surface area contributed by atoms with Gasteiger partial charge in [0, 0.05) is 6.54 Å². The maximum absolute atomic E-state index is 12.1. The van der Waals surface area contributed by atoms with E-state index in [1.165, 1.54) is 6.92 Å². The average Bonchev–Trinajstić information content (AvgIpc) is 2.56. The smallest absolute Gasteiger partial charge is 0.271 e. The third kappa shape index (κ3) is 4.49. The molecule has 0 aliphatic carbocycles. The summed E-state index contributed by atoms with van der Waals surface area (Å²) >= 11 is 5.90. The quantitative estimate of drug-likeness (QED) is 0.801. The van der Waals surface area contributed by atoms with E-state index in [1.807, 2.05) is 30.3 Å². The van der Waals surface area contributed by atoms with E-state index < -0.39 is 20.9 Å². The maximum Gasteiger partial charge on any atom is 0.271 e. The molecule has 0 unspecified atom stereocenters. The molecule has 0 fully saturated rings. The van der Waals surface area contributed by atoms with Crippen molar-refractivity contribution >= 4 is 27.3 Å². The van der Waals surface area contributed by atoms with Gasteiger partial charge in [0.1, 0.15) is 0 Å². The van der Waals surface area contributed by atoms with Crippen LogP contribution in [0.25, 0.3) is 0 Å². The summed E-state index contributed by atoms with van der Waals surface area (Å²) in [6.45, 7) is 1.87. The lowest BCUT2D eigenvalue weighted by Gasteiger charge is -2.07. The highest BCUT2D eigenvalue weighted by Crippen LogP contribution is 2.15. The fourth-order valence-corrected chi connectivity index (χ4v) is 2.72. The fourth-order valence-electron chi connectivity index (χ4n) is 1.84. The second kappa shape index (κ2) is 7.52. The number of hydrogen-bond acceptors (Lipinski definition) is 5. The fraction of sp³-hybridized carbons (Fsp3) is 0.267. The molecule has 1 amide bonds. The summed E-state index contributed by atoms with van der Waals surface area (Å²) in [6.07, 6.45) is 1.78. The second-order valence-electron chi connectivity index (χ2n) is 4.74. The number of rotatable bonds is 6. The third-order valence-corrected chi connectivity index (χ3v) is 4.93. The Morgan fingerprint density at radius 1 is 1.26 bits per heavy atom. The molecule has 0 spiro atoms. The van der Waals surface area contributed by atoms with Crippen molar-refractivity contribution in [2.75, 3.05) is 12.3 Å². The SMILES string of the molecule is CCS(=O)(=O)c1ncc(Cl)c(C(=O)NCCc2ccccc2)n1. The summed E-state index contributed by atoms with van der Waals surface area (Å²) in [5.41, 5.74) is 0.942. The summed E-state index contributed by atoms with van der Waals surface area (Å²) in [5, 5.41) is 2.30. The Morgan fingerprint density at radius 2 is 1.96 bits per heavy atom. The van der Waals surface area contributed by atoms with E-state index in [1.54, 1.807) is 0 Å². The zero-order chi connectivity index (χ0) is 16.9. The number of carbonyl (C=O) groups is 1. The number of benzene rings is 1. The number of nitrogens with zero attached hydrogens (tertiary/aromatic N) is 2. The Kier molecular flexibility index (Phi) is 5.68. The van der Waals surface area contributed by atoms with Crippen LogP contribution < -0.4 is 5.32 Å². The predicted octanol–water partition coefficient (Wildman–Crippen LogP) is 1.90. The minimum Gasteiger partial charge on any atom is -0.350 e. The molecule has 1 aromatic heterocycles. The third-order valence-electron chi connectivity index (χ3n) is 3.14. The molecule has 8 heteroatoms. The van der Waals surface area contributed by atoms with Gasteiger partial charge in [-0.3, -0.25) is 4.79 Å². The number of carbonyl (C=O) groups excluding carboxylic acids is 1. The van der Waals surface area contributed by atoms with E-state index in [2.05, 4.69) is 15.3 Å². The van der Waals surface area contributed by atoms with Gasteiger partial charge in [-0.15, -0.1) is 0 Å². The van der Waals surface area contributed by atoms with Crippen molar-refractivity contribution in [3.05, 3.63) is 52.8 Å². The van der Waals surface area contributed by atoms with E-state index in [0.29, 0.717) is 13.0 Å². The van der Waals surface area contributed by atoms with Gasteiger partial charge >= 0.3 is 0 Å². The molecule has 6 nitrogen and oxygen atoms in total. The van der Waals surface area contributed by atoms with Crippen molar-refractivity contribution in [1.29, 1.82) is 0 Å². The highest BCUT2D eigenvalue weighted by molar-refractivity contribution is 7.91. The molecule has 0 atom stereocenters. The van der Waals surface area contributed by atoms with E-state index in [-0.39, 0.29) is 16.5 Å². The maximum atomic E-state index is 12.1. The van der Waals surface area contributed by atoms with Crippen LogP contribution in [0.15, 0.2) is 41.7 Å². The standard InChI is InChI=1S/C15H16ClN3O3S/c1-2-23(21,22)15-18-10-12(16)13(19-15)14(20)17-9-8-11-6-4-3-5-7-11/h3-7,10H,2,8-9H2,1H3,(H,17,20). The molecule has 0 aliphatic heterocycles. The van der Waals surface area contributed by atoms with Gasteiger partial charge in [-0.25, -0.2) is 18.4 Å². The Hall–Kier alpha value is -1.99. The van der Waals surface area contributed by atoms with Crippen molar-refractivity contribution in [2.24, 2.45) is 0 Å². The summed E-state index contributed by atoms with van der Waals surface area (Å²) in [7, 11) is -3.60. The van der Waals surface area contributed by atoms with E-state index in [9.17, 15) is 13.2 Å². The number of sulfone groups is 1. The van der Waals surface area contributed by atoms with Crippen LogP contribution >= 0.6 is 11.6 Å². The Labute approximate surface area is 139 Å². The van der Waals surface area contributed by atoms with Crippen LogP contribution in [0.2, 0.25) is 5.02 Å². The van der Waals surface area contributed by atoms with Crippen LogP contribution in [0, 0.1) is 0 Å². The van der Waals surface area contributed by atoms with Crippen molar-refractivity contribution in [2.45, 2.75) is 18.5 Å². The minimum absolute atomic E-state index is 0.0114. The van der Waals surface area contributed by atoms with Crippen LogP contribution in [0.1, 0.15) is 23.0 Å². The van der Waals surface area contributed by atoms with Gasteiger partial charge in [0.05, 0.1) is 17.0 Å². The molecule has 1 N–H and O–H groups in total. The molecule has 23 heavy (non-hydrogen) atoms. The first-order valence-electron chi connectivity index (χ1n) is 7.01. The largest absolute Gasteiger partial charge is 0.350 e.